The highest BCUT2D eigenvalue weighted by molar-refractivity contribution is 5.85. The second kappa shape index (κ2) is 9.00. The number of hydrogen-bond donors (Lipinski definition) is 1. The molecule has 0 saturated carbocycles. The van der Waals surface area contributed by atoms with Gasteiger partial charge in [0.2, 0.25) is 0 Å². The van der Waals surface area contributed by atoms with Gasteiger partial charge in [0.25, 0.3) is 0 Å². The van der Waals surface area contributed by atoms with Gasteiger partial charge in [0.05, 0.1) is 5.69 Å². The van der Waals surface area contributed by atoms with Gasteiger partial charge in [-0.2, -0.15) is 0 Å². The van der Waals surface area contributed by atoms with Crippen molar-refractivity contribution in [2.24, 2.45) is 0 Å². The van der Waals surface area contributed by atoms with Crippen LogP contribution in [-0.4, -0.2) is 28.1 Å². The fourth-order valence-electron chi connectivity index (χ4n) is 3.30. The van der Waals surface area contributed by atoms with Crippen molar-refractivity contribution in [2.45, 2.75) is 13.0 Å². The lowest BCUT2D eigenvalue weighted by atomic mass is 10.1. The van der Waals surface area contributed by atoms with Gasteiger partial charge in [-0.25, -0.2) is 9.37 Å². The van der Waals surface area contributed by atoms with E-state index < -0.39 is 0 Å². The number of phenolic OH excluding ortho intramolecular Hbond substituents is 1. The Morgan fingerprint density at radius 2 is 1.86 bits per heavy atom. The van der Waals surface area contributed by atoms with Crippen LogP contribution in [0.15, 0.2) is 72.3 Å². The normalized spacial score (nSPS) is 14.8. The summed E-state index contributed by atoms with van der Waals surface area (Å²) < 4.78 is 13.0. The number of aromatic nitrogens is 1. The van der Waals surface area contributed by atoms with E-state index in [1.54, 1.807) is 6.07 Å². The van der Waals surface area contributed by atoms with E-state index in [9.17, 15) is 9.50 Å². The zero-order valence-corrected chi connectivity index (χ0v) is 16.2. The third kappa shape index (κ3) is 4.77. The number of phenols is 1. The molecule has 3 aromatic rings. The van der Waals surface area contributed by atoms with Crippen LogP contribution < -0.4 is 0 Å². The summed E-state index contributed by atoms with van der Waals surface area (Å²) >= 11 is 0. The predicted molar refractivity (Wildman–Crippen MR) is 114 cm³/mol. The Morgan fingerprint density at radius 1 is 1.04 bits per heavy atom. The molecule has 1 aromatic heterocycles. The Balaban J connectivity index is 0.00000225. The maximum absolute atomic E-state index is 13.0. The van der Waals surface area contributed by atoms with Crippen molar-refractivity contribution >= 4 is 29.4 Å². The molecular formula is C23H22ClFN2O. The lowest BCUT2D eigenvalue weighted by molar-refractivity contribution is 0.287. The van der Waals surface area contributed by atoms with Gasteiger partial charge >= 0.3 is 0 Å². The van der Waals surface area contributed by atoms with Crippen molar-refractivity contribution in [1.29, 1.82) is 0 Å². The number of allylic oxidation sites excluding steroid dienone is 1. The number of aromatic hydroxyl groups is 1. The van der Waals surface area contributed by atoms with Crippen molar-refractivity contribution in [3.63, 3.8) is 0 Å². The Kier molecular flexibility index (Phi) is 6.45. The second-order valence-electron chi connectivity index (χ2n) is 6.81. The Morgan fingerprint density at radius 3 is 2.61 bits per heavy atom. The van der Waals surface area contributed by atoms with E-state index in [0.717, 1.165) is 42.7 Å². The van der Waals surface area contributed by atoms with E-state index in [0.29, 0.717) is 5.52 Å². The van der Waals surface area contributed by atoms with Gasteiger partial charge in [-0.1, -0.05) is 42.5 Å². The largest absolute Gasteiger partial charge is 0.506 e. The number of rotatable bonds is 4. The van der Waals surface area contributed by atoms with Crippen LogP contribution >= 0.6 is 12.4 Å². The van der Waals surface area contributed by atoms with Crippen molar-refractivity contribution in [3.8, 4) is 5.75 Å². The van der Waals surface area contributed by atoms with Crippen LogP contribution in [0.5, 0.6) is 5.75 Å². The van der Waals surface area contributed by atoms with Gasteiger partial charge in [-0.15, -0.1) is 12.4 Å². The maximum Gasteiger partial charge on any atom is 0.141 e. The van der Waals surface area contributed by atoms with Crippen LogP contribution in [0.4, 0.5) is 4.39 Å². The second-order valence-corrected chi connectivity index (χ2v) is 6.81. The van der Waals surface area contributed by atoms with E-state index in [1.807, 2.05) is 42.5 Å². The summed E-state index contributed by atoms with van der Waals surface area (Å²) in [6.45, 7) is 2.68. The molecule has 0 amide bonds. The molecular weight excluding hydrogens is 375 g/mol. The molecule has 5 heteroatoms. The molecule has 2 aromatic carbocycles. The first-order valence-electron chi connectivity index (χ1n) is 9.10. The molecule has 0 fully saturated rings. The molecule has 1 aliphatic rings. The quantitative estimate of drug-likeness (QED) is 0.646. The van der Waals surface area contributed by atoms with Gasteiger partial charge in [0.1, 0.15) is 17.1 Å². The van der Waals surface area contributed by atoms with Gasteiger partial charge in [-0.3, -0.25) is 4.90 Å². The van der Waals surface area contributed by atoms with E-state index in [1.165, 1.54) is 17.7 Å². The first-order chi connectivity index (χ1) is 13.2. The molecule has 0 radical (unpaired) electrons. The van der Waals surface area contributed by atoms with Crippen LogP contribution in [0.2, 0.25) is 0 Å². The molecule has 4 rings (SSSR count). The molecule has 1 N–H and O–H groups in total. The highest BCUT2D eigenvalue weighted by Gasteiger charge is 2.11. The molecule has 0 unspecified atom stereocenters. The smallest absolute Gasteiger partial charge is 0.141 e. The first kappa shape index (κ1) is 20.1. The van der Waals surface area contributed by atoms with Crippen molar-refractivity contribution in [1.82, 2.24) is 9.88 Å². The van der Waals surface area contributed by atoms with E-state index >= 15 is 0 Å². The Hall–Kier alpha value is -2.69. The van der Waals surface area contributed by atoms with Crippen LogP contribution in [0.1, 0.15) is 17.7 Å². The van der Waals surface area contributed by atoms with Gasteiger partial charge in [-0.05, 0) is 47.9 Å². The first-order valence-corrected chi connectivity index (χ1v) is 9.10. The topological polar surface area (TPSA) is 36.4 Å². The average Bonchev–Trinajstić information content (AvgIpc) is 2.70. The van der Waals surface area contributed by atoms with E-state index in [2.05, 4.69) is 22.0 Å². The fraction of sp³-hybridized carbons (Fsp3) is 0.174. The molecule has 0 bridgehead atoms. The molecule has 28 heavy (non-hydrogen) atoms. The predicted octanol–water partition coefficient (Wildman–Crippen LogP) is 5.35. The van der Waals surface area contributed by atoms with Gasteiger partial charge in [0, 0.05) is 25.0 Å². The number of hydrogen-bond acceptors (Lipinski definition) is 3. The zero-order chi connectivity index (χ0) is 18.6. The van der Waals surface area contributed by atoms with Crippen molar-refractivity contribution in [3.05, 3.63) is 89.4 Å². The van der Waals surface area contributed by atoms with Crippen molar-refractivity contribution < 1.29 is 9.50 Å². The van der Waals surface area contributed by atoms with Crippen LogP contribution in [0, 0.1) is 5.82 Å². The number of fused-ring (bicyclic) bond motifs is 1. The minimum atomic E-state index is -0.194. The van der Waals surface area contributed by atoms with Gasteiger partial charge < -0.3 is 5.11 Å². The zero-order valence-electron chi connectivity index (χ0n) is 15.4. The maximum atomic E-state index is 13.0. The third-order valence-electron chi connectivity index (χ3n) is 4.84. The molecule has 0 saturated heterocycles. The summed E-state index contributed by atoms with van der Waals surface area (Å²) in [5.41, 5.74) is 3.87. The Bertz CT molecular complexity index is 1010. The van der Waals surface area contributed by atoms with Crippen LogP contribution in [0.25, 0.3) is 17.0 Å². The minimum absolute atomic E-state index is 0. The SMILES string of the molecule is Cl.Oc1cccc2ccc(/C=C/C3=CCN(Cc4ccc(F)cc4)CC3)nc12. The Labute approximate surface area is 170 Å². The van der Waals surface area contributed by atoms with E-state index in [4.69, 9.17) is 0 Å². The monoisotopic (exact) mass is 396 g/mol. The summed E-state index contributed by atoms with van der Waals surface area (Å²) in [6, 6.07) is 16.1. The minimum Gasteiger partial charge on any atom is -0.506 e. The van der Waals surface area contributed by atoms with Gasteiger partial charge in [0.15, 0.2) is 0 Å². The molecule has 1 aliphatic heterocycles. The standard InChI is InChI=1S/C23H21FN2O.ClH/c24-20-8-4-18(5-9-20)16-26-14-12-17(13-15-26)6-10-21-11-7-19-2-1-3-22(27)23(19)25-21;/h1-12,27H,13-16H2;1H/b10-6+;. The molecule has 3 nitrogen and oxygen atoms in total. The number of nitrogens with zero attached hydrogens (tertiary/aromatic N) is 2. The number of benzene rings is 2. The van der Waals surface area contributed by atoms with Crippen LogP contribution in [0.3, 0.4) is 0 Å². The summed E-state index contributed by atoms with van der Waals surface area (Å²) in [4.78, 5) is 6.88. The highest BCUT2D eigenvalue weighted by Crippen LogP contribution is 2.23. The van der Waals surface area contributed by atoms with Crippen LogP contribution in [-0.2, 0) is 6.54 Å². The molecule has 144 valence electrons. The summed E-state index contributed by atoms with van der Waals surface area (Å²) in [7, 11) is 0. The summed E-state index contributed by atoms with van der Waals surface area (Å²) in [5, 5.41) is 10.9. The summed E-state index contributed by atoms with van der Waals surface area (Å²) in [5.74, 6) is 0.0106. The summed E-state index contributed by atoms with van der Waals surface area (Å²) in [6.07, 6.45) is 7.29. The molecule has 0 aliphatic carbocycles. The van der Waals surface area contributed by atoms with Crippen molar-refractivity contribution in [2.75, 3.05) is 13.1 Å². The average molecular weight is 397 g/mol. The molecule has 0 atom stereocenters. The molecule has 2 heterocycles. The number of para-hydroxylation sites is 1. The van der Waals surface area contributed by atoms with E-state index in [-0.39, 0.29) is 24.0 Å². The lowest BCUT2D eigenvalue weighted by Gasteiger charge is -2.25. The number of pyridine rings is 1. The third-order valence-corrected chi connectivity index (χ3v) is 4.84. The molecule has 0 spiro atoms. The fourth-order valence-corrected chi connectivity index (χ4v) is 3.30. The number of halogens is 2. The lowest BCUT2D eigenvalue weighted by Crippen LogP contribution is -2.28. The highest BCUT2D eigenvalue weighted by atomic mass is 35.5.